The number of carbonyl (C=O) groups excluding carboxylic acids is 1. The van der Waals surface area contributed by atoms with Crippen molar-refractivity contribution in [1.29, 1.82) is 0 Å². The molecule has 0 spiro atoms. The van der Waals surface area contributed by atoms with E-state index in [9.17, 15) is 4.79 Å². The number of hydrogen-bond acceptors (Lipinski definition) is 3. The molecular weight excluding hydrogens is 278 g/mol. The van der Waals surface area contributed by atoms with Crippen LogP contribution in [0.4, 0.5) is 5.69 Å². The second-order valence-electron chi connectivity index (χ2n) is 4.42. The number of amides is 1. The molecule has 102 valence electrons. The van der Waals surface area contributed by atoms with E-state index in [-0.39, 0.29) is 12.7 Å². The summed E-state index contributed by atoms with van der Waals surface area (Å²) in [5.74, 6) is 1.25. The highest BCUT2D eigenvalue weighted by Crippen LogP contribution is 2.34. The van der Waals surface area contributed by atoms with Crippen LogP contribution in [0.5, 0.6) is 11.5 Å². The molecule has 4 nitrogen and oxygen atoms in total. The number of anilines is 1. The lowest BCUT2D eigenvalue weighted by atomic mass is 10.1. The van der Waals surface area contributed by atoms with E-state index in [0.717, 1.165) is 5.56 Å². The van der Waals surface area contributed by atoms with E-state index in [0.29, 0.717) is 28.6 Å². The van der Waals surface area contributed by atoms with Gasteiger partial charge in [-0.2, -0.15) is 0 Å². The Balaban J connectivity index is 1.65. The number of carbonyl (C=O) groups is 1. The zero-order valence-electron chi connectivity index (χ0n) is 10.6. The Labute approximate surface area is 121 Å². The molecular formula is C15H12ClNO3. The molecule has 0 saturated carbocycles. The summed E-state index contributed by atoms with van der Waals surface area (Å²) in [5, 5.41) is 3.48. The molecule has 3 rings (SSSR count). The molecule has 20 heavy (non-hydrogen) atoms. The number of hydrogen-bond donors (Lipinski definition) is 1. The van der Waals surface area contributed by atoms with Gasteiger partial charge in [0.25, 0.3) is 0 Å². The normalized spacial score (nSPS) is 12.2. The smallest absolute Gasteiger partial charge is 0.231 e. The van der Waals surface area contributed by atoms with Crippen molar-refractivity contribution in [3.05, 3.63) is 53.1 Å². The van der Waals surface area contributed by atoms with Crippen LogP contribution in [0, 0.1) is 0 Å². The van der Waals surface area contributed by atoms with E-state index in [1.807, 2.05) is 12.1 Å². The lowest BCUT2D eigenvalue weighted by Crippen LogP contribution is -2.14. The average Bonchev–Trinajstić information content (AvgIpc) is 2.89. The van der Waals surface area contributed by atoms with Crippen molar-refractivity contribution in [1.82, 2.24) is 0 Å². The Bertz CT molecular complexity index is 640. The Morgan fingerprint density at radius 2 is 1.85 bits per heavy atom. The van der Waals surface area contributed by atoms with Crippen LogP contribution in [0.3, 0.4) is 0 Å². The van der Waals surface area contributed by atoms with Crippen molar-refractivity contribution < 1.29 is 14.3 Å². The van der Waals surface area contributed by atoms with Crippen molar-refractivity contribution >= 4 is 23.2 Å². The fourth-order valence-corrected chi connectivity index (χ4v) is 2.09. The third-order valence-corrected chi connectivity index (χ3v) is 3.19. The highest BCUT2D eigenvalue weighted by atomic mass is 35.5. The topological polar surface area (TPSA) is 47.6 Å². The van der Waals surface area contributed by atoms with Gasteiger partial charge >= 0.3 is 0 Å². The Morgan fingerprint density at radius 1 is 1.10 bits per heavy atom. The lowest BCUT2D eigenvalue weighted by molar-refractivity contribution is -0.115. The second-order valence-corrected chi connectivity index (χ2v) is 4.86. The fraction of sp³-hybridized carbons (Fsp3) is 0.133. The number of ether oxygens (including phenoxy) is 2. The first-order chi connectivity index (χ1) is 9.70. The van der Waals surface area contributed by atoms with E-state index in [4.69, 9.17) is 21.1 Å². The molecule has 0 aliphatic carbocycles. The van der Waals surface area contributed by atoms with Gasteiger partial charge in [0.1, 0.15) is 0 Å². The summed E-state index contributed by atoms with van der Waals surface area (Å²) in [6.07, 6.45) is 0.297. The summed E-state index contributed by atoms with van der Waals surface area (Å²) >= 11 is 5.81. The van der Waals surface area contributed by atoms with Gasteiger partial charge in [-0.1, -0.05) is 23.7 Å². The first kappa shape index (κ1) is 12.8. The van der Waals surface area contributed by atoms with Gasteiger partial charge < -0.3 is 14.8 Å². The van der Waals surface area contributed by atoms with Crippen molar-refractivity contribution in [2.45, 2.75) is 6.42 Å². The van der Waals surface area contributed by atoms with Gasteiger partial charge in [0.15, 0.2) is 11.5 Å². The van der Waals surface area contributed by atoms with Gasteiger partial charge in [-0.15, -0.1) is 0 Å². The molecule has 0 saturated heterocycles. The van der Waals surface area contributed by atoms with Gasteiger partial charge in [0.2, 0.25) is 12.7 Å². The van der Waals surface area contributed by atoms with Crippen molar-refractivity contribution in [3.63, 3.8) is 0 Å². The van der Waals surface area contributed by atoms with E-state index in [1.165, 1.54) is 0 Å². The van der Waals surface area contributed by atoms with Gasteiger partial charge in [0, 0.05) is 16.8 Å². The van der Waals surface area contributed by atoms with Gasteiger partial charge in [0.05, 0.1) is 6.42 Å². The SMILES string of the molecule is O=C(Cc1ccc(Cl)cc1)Nc1ccc2c(c1)OCO2. The maximum Gasteiger partial charge on any atom is 0.231 e. The van der Waals surface area contributed by atoms with Gasteiger partial charge in [-0.3, -0.25) is 4.79 Å². The fourth-order valence-electron chi connectivity index (χ4n) is 1.97. The molecule has 1 amide bonds. The molecule has 0 fully saturated rings. The largest absolute Gasteiger partial charge is 0.454 e. The molecule has 2 aromatic rings. The number of rotatable bonds is 3. The van der Waals surface area contributed by atoms with Crippen LogP contribution in [0.1, 0.15) is 5.56 Å². The molecule has 1 N–H and O–H groups in total. The van der Waals surface area contributed by atoms with E-state index in [2.05, 4.69) is 5.32 Å². The molecule has 0 bridgehead atoms. The summed E-state index contributed by atoms with van der Waals surface area (Å²) in [4.78, 5) is 12.0. The van der Waals surface area contributed by atoms with Crippen molar-refractivity contribution in [3.8, 4) is 11.5 Å². The third kappa shape index (κ3) is 2.86. The molecule has 0 unspecified atom stereocenters. The van der Waals surface area contributed by atoms with Crippen LogP contribution < -0.4 is 14.8 Å². The summed E-state index contributed by atoms with van der Waals surface area (Å²) in [6, 6.07) is 12.5. The third-order valence-electron chi connectivity index (χ3n) is 2.93. The second kappa shape index (κ2) is 5.43. The number of halogens is 1. The Morgan fingerprint density at radius 3 is 2.65 bits per heavy atom. The van der Waals surface area contributed by atoms with Crippen LogP contribution in [-0.2, 0) is 11.2 Å². The standard InChI is InChI=1S/C15H12ClNO3/c16-11-3-1-10(2-4-11)7-15(18)17-12-5-6-13-14(8-12)20-9-19-13/h1-6,8H,7,9H2,(H,17,18). The Kier molecular flexibility index (Phi) is 3.48. The lowest BCUT2D eigenvalue weighted by Gasteiger charge is -2.06. The number of nitrogens with one attached hydrogen (secondary N) is 1. The first-order valence-corrected chi connectivity index (χ1v) is 6.52. The van der Waals surface area contributed by atoms with Crippen LogP contribution in [0.25, 0.3) is 0 Å². The number of fused-ring (bicyclic) bond motifs is 1. The minimum atomic E-state index is -0.0915. The summed E-state index contributed by atoms with van der Waals surface area (Å²) in [6.45, 7) is 0.220. The minimum absolute atomic E-state index is 0.0915. The molecule has 0 radical (unpaired) electrons. The predicted octanol–water partition coefficient (Wildman–Crippen LogP) is 3.25. The summed E-state index contributed by atoms with van der Waals surface area (Å²) in [5.41, 5.74) is 1.60. The first-order valence-electron chi connectivity index (χ1n) is 6.15. The zero-order chi connectivity index (χ0) is 13.9. The quantitative estimate of drug-likeness (QED) is 0.943. The highest BCUT2D eigenvalue weighted by Gasteiger charge is 2.14. The highest BCUT2D eigenvalue weighted by molar-refractivity contribution is 6.30. The van der Waals surface area contributed by atoms with Crippen molar-refractivity contribution in [2.75, 3.05) is 12.1 Å². The van der Waals surface area contributed by atoms with E-state index >= 15 is 0 Å². The van der Waals surface area contributed by atoms with Gasteiger partial charge in [-0.05, 0) is 29.8 Å². The van der Waals surface area contributed by atoms with Gasteiger partial charge in [-0.25, -0.2) is 0 Å². The maximum atomic E-state index is 12.0. The maximum absolute atomic E-state index is 12.0. The van der Waals surface area contributed by atoms with Crippen LogP contribution in [0.2, 0.25) is 5.02 Å². The summed E-state index contributed by atoms with van der Waals surface area (Å²) in [7, 11) is 0. The minimum Gasteiger partial charge on any atom is -0.454 e. The zero-order valence-corrected chi connectivity index (χ0v) is 11.3. The summed E-state index contributed by atoms with van der Waals surface area (Å²) < 4.78 is 10.5. The molecule has 0 atom stereocenters. The predicted molar refractivity (Wildman–Crippen MR) is 76.4 cm³/mol. The molecule has 1 aliphatic heterocycles. The molecule has 1 heterocycles. The Hall–Kier alpha value is -2.20. The number of benzene rings is 2. The monoisotopic (exact) mass is 289 g/mol. The van der Waals surface area contributed by atoms with Crippen LogP contribution in [-0.4, -0.2) is 12.7 Å². The average molecular weight is 290 g/mol. The molecule has 5 heteroatoms. The molecule has 1 aliphatic rings. The van der Waals surface area contributed by atoms with Crippen LogP contribution in [0.15, 0.2) is 42.5 Å². The van der Waals surface area contributed by atoms with E-state index < -0.39 is 0 Å². The molecule has 0 aromatic heterocycles. The van der Waals surface area contributed by atoms with Crippen LogP contribution >= 0.6 is 11.6 Å². The van der Waals surface area contributed by atoms with E-state index in [1.54, 1.807) is 30.3 Å². The molecule has 2 aromatic carbocycles. The van der Waals surface area contributed by atoms with Crippen molar-refractivity contribution in [2.24, 2.45) is 0 Å².